The Kier molecular flexibility index (Phi) is 4.64. The van der Waals surface area contributed by atoms with Gasteiger partial charge in [-0.25, -0.2) is 9.78 Å². The highest BCUT2D eigenvalue weighted by Crippen LogP contribution is 2.34. The van der Waals surface area contributed by atoms with Crippen LogP contribution >= 0.6 is 15.9 Å². The molecule has 6 nitrogen and oxygen atoms in total. The molecule has 0 aliphatic carbocycles. The van der Waals surface area contributed by atoms with Gasteiger partial charge in [0.15, 0.2) is 0 Å². The Morgan fingerprint density at radius 3 is 2.67 bits per heavy atom. The van der Waals surface area contributed by atoms with Gasteiger partial charge in [0.2, 0.25) is 5.88 Å². The third kappa shape index (κ3) is 3.25. The summed E-state index contributed by atoms with van der Waals surface area (Å²) >= 11 is 3.37. The van der Waals surface area contributed by atoms with Crippen LogP contribution in [0.5, 0.6) is 17.4 Å². The fourth-order valence-corrected chi connectivity index (χ4v) is 2.06. The second-order valence-corrected chi connectivity index (χ2v) is 4.82. The van der Waals surface area contributed by atoms with Crippen LogP contribution in [0, 0.1) is 0 Å². The zero-order valence-electron chi connectivity index (χ0n) is 11.4. The Balaban J connectivity index is 2.34. The van der Waals surface area contributed by atoms with Gasteiger partial charge >= 0.3 is 5.97 Å². The average Bonchev–Trinajstić information content (AvgIpc) is 2.50. The number of nitrogens with zero attached hydrogens (tertiary/aromatic N) is 1. The van der Waals surface area contributed by atoms with Crippen molar-refractivity contribution in [3.05, 3.63) is 40.5 Å². The molecule has 2 aromatic rings. The summed E-state index contributed by atoms with van der Waals surface area (Å²) in [6, 6.07) is 6.65. The summed E-state index contributed by atoms with van der Waals surface area (Å²) in [7, 11) is 2.85. The van der Waals surface area contributed by atoms with Crippen molar-refractivity contribution in [1.82, 2.24) is 4.98 Å². The van der Waals surface area contributed by atoms with E-state index in [4.69, 9.17) is 15.2 Å². The molecule has 2 rings (SSSR count). The minimum atomic E-state index is -0.548. The van der Waals surface area contributed by atoms with Gasteiger partial charge in [0.25, 0.3) is 0 Å². The fourth-order valence-electron chi connectivity index (χ4n) is 1.62. The molecule has 0 bridgehead atoms. The zero-order valence-corrected chi connectivity index (χ0v) is 13.0. The van der Waals surface area contributed by atoms with Crippen molar-refractivity contribution < 1.29 is 19.0 Å². The van der Waals surface area contributed by atoms with E-state index < -0.39 is 5.97 Å². The second-order valence-electron chi connectivity index (χ2n) is 3.97. The summed E-state index contributed by atoms with van der Waals surface area (Å²) in [5, 5.41) is 0. The Bertz CT molecular complexity index is 676. The highest BCUT2D eigenvalue weighted by Gasteiger charge is 2.16. The predicted octanol–water partition coefficient (Wildman–Crippen LogP) is 3.01. The molecule has 0 spiro atoms. The summed E-state index contributed by atoms with van der Waals surface area (Å²) in [6.45, 7) is 0. The SMILES string of the molecule is COC(=O)c1ccnc(Oc2ccc(OC)cc2Br)c1N. The van der Waals surface area contributed by atoms with Crippen LogP contribution in [0.15, 0.2) is 34.9 Å². The number of carbonyl (C=O) groups excluding carboxylic acids is 1. The number of benzene rings is 1. The van der Waals surface area contributed by atoms with Gasteiger partial charge in [-0.05, 0) is 40.2 Å². The lowest BCUT2D eigenvalue weighted by Gasteiger charge is -2.11. The summed E-state index contributed by atoms with van der Waals surface area (Å²) in [5.41, 5.74) is 6.20. The van der Waals surface area contributed by atoms with E-state index in [0.29, 0.717) is 16.0 Å². The van der Waals surface area contributed by atoms with Gasteiger partial charge < -0.3 is 19.9 Å². The lowest BCUT2D eigenvalue weighted by Crippen LogP contribution is -2.07. The smallest absolute Gasteiger partial charge is 0.340 e. The van der Waals surface area contributed by atoms with Crippen LogP contribution in [0.3, 0.4) is 0 Å². The number of nitrogens with two attached hydrogens (primary N) is 1. The topological polar surface area (TPSA) is 83.7 Å². The highest BCUT2D eigenvalue weighted by atomic mass is 79.9. The minimum absolute atomic E-state index is 0.118. The maximum absolute atomic E-state index is 11.6. The van der Waals surface area contributed by atoms with Crippen LogP contribution in [0.1, 0.15) is 10.4 Å². The van der Waals surface area contributed by atoms with Crippen LogP contribution in [0.2, 0.25) is 0 Å². The number of ether oxygens (including phenoxy) is 3. The normalized spacial score (nSPS) is 10.0. The predicted molar refractivity (Wildman–Crippen MR) is 80.8 cm³/mol. The number of aromatic nitrogens is 1. The van der Waals surface area contributed by atoms with E-state index in [1.165, 1.54) is 19.4 Å². The number of anilines is 1. The third-order valence-electron chi connectivity index (χ3n) is 2.70. The minimum Gasteiger partial charge on any atom is -0.497 e. The van der Waals surface area contributed by atoms with Crippen molar-refractivity contribution in [2.75, 3.05) is 20.0 Å². The molecule has 0 fully saturated rings. The van der Waals surface area contributed by atoms with E-state index >= 15 is 0 Å². The molecule has 1 aromatic heterocycles. The van der Waals surface area contributed by atoms with E-state index in [2.05, 4.69) is 25.7 Å². The Labute approximate surface area is 130 Å². The number of nitrogen functional groups attached to an aromatic ring is 1. The quantitative estimate of drug-likeness (QED) is 0.851. The lowest BCUT2D eigenvalue weighted by atomic mass is 10.2. The first-order valence-electron chi connectivity index (χ1n) is 5.91. The van der Waals surface area contributed by atoms with Crippen molar-refractivity contribution in [3.63, 3.8) is 0 Å². The van der Waals surface area contributed by atoms with Crippen LogP contribution in [0.4, 0.5) is 5.69 Å². The maximum Gasteiger partial charge on any atom is 0.340 e. The standard InChI is InChI=1S/C14H13BrN2O4/c1-19-8-3-4-11(10(15)7-8)21-13-12(16)9(5-6-17-13)14(18)20-2/h3-7H,16H2,1-2H3. The molecule has 1 heterocycles. The van der Waals surface area contributed by atoms with Gasteiger partial charge in [-0.3, -0.25) is 0 Å². The molecule has 0 aliphatic heterocycles. The van der Waals surface area contributed by atoms with Crippen molar-refractivity contribution >= 4 is 27.6 Å². The Morgan fingerprint density at radius 2 is 2.05 bits per heavy atom. The van der Waals surface area contributed by atoms with Gasteiger partial charge in [-0.2, -0.15) is 0 Å². The summed E-state index contributed by atoms with van der Waals surface area (Å²) < 4.78 is 16.1. The zero-order chi connectivity index (χ0) is 15.4. The molecule has 21 heavy (non-hydrogen) atoms. The highest BCUT2D eigenvalue weighted by molar-refractivity contribution is 9.10. The van der Waals surface area contributed by atoms with E-state index in [9.17, 15) is 4.79 Å². The first-order chi connectivity index (χ1) is 10.1. The average molecular weight is 353 g/mol. The first-order valence-corrected chi connectivity index (χ1v) is 6.70. The Morgan fingerprint density at radius 1 is 1.29 bits per heavy atom. The number of methoxy groups -OCH3 is 2. The number of hydrogen-bond donors (Lipinski definition) is 1. The summed E-state index contributed by atoms with van der Waals surface area (Å²) in [6.07, 6.45) is 1.43. The van der Waals surface area contributed by atoms with E-state index in [-0.39, 0.29) is 17.1 Å². The van der Waals surface area contributed by atoms with Crippen LogP contribution in [-0.4, -0.2) is 25.2 Å². The molecular formula is C14H13BrN2O4. The summed E-state index contributed by atoms with van der Waals surface area (Å²) in [4.78, 5) is 15.6. The molecule has 0 saturated heterocycles. The van der Waals surface area contributed by atoms with E-state index in [1.807, 2.05) is 0 Å². The van der Waals surface area contributed by atoms with Gasteiger partial charge in [0, 0.05) is 6.20 Å². The van der Waals surface area contributed by atoms with E-state index in [0.717, 1.165) is 0 Å². The van der Waals surface area contributed by atoms with Crippen molar-refractivity contribution in [1.29, 1.82) is 0 Å². The molecule has 0 saturated carbocycles. The molecule has 0 atom stereocenters. The van der Waals surface area contributed by atoms with Crippen LogP contribution in [0.25, 0.3) is 0 Å². The van der Waals surface area contributed by atoms with Crippen molar-refractivity contribution in [2.24, 2.45) is 0 Å². The molecule has 0 aliphatic rings. The number of esters is 1. The van der Waals surface area contributed by atoms with Crippen molar-refractivity contribution in [3.8, 4) is 17.4 Å². The van der Waals surface area contributed by atoms with Crippen molar-refractivity contribution in [2.45, 2.75) is 0 Å². The monoisotopic (exact) mass is 352 g/mol. The maximum atomic E-state index is 11.6. The van der Waals surface area contributed by atoms with Gasteiger partial charge in [-0.1, -0.05) is 0 Å². The molecule has 0 unspecified atom stereocenters. The van der Waals surface area contributed by atoms with E-state index in [1.54, 1.807) is 25.3 Å². The largest absolute Gasteiger partial charge is 0.497 e. The molecular weight excluding hydrogens is 340 g/mol. The van der Waals surface area contributed by atoms with Gasteiger partial charge in [0.05, 0.1) is 24.3 Å². The number of pyridine rings is 1. The van der Waals surface area contributed by atoms with Crippen LogP contribution < -0.4 is 15.2 Å². The molecule has 7 heteroatoms. The lowest BCUT2D eigenvalue weighted by molar-refractivity contribution is 0.0601. The third-order valence-corrected chi connectivity index (χ3v) is 3.32. The summed E-state index contributed by atoms with van der Waals surface area (Å²) in [5.74, 6) is 0.757. The van der Waals surface area contributed by atoms with Crippen LogP contribution in [-0.2, 0) is 4.74 Å². The first kappa shape index (κ1) is 15.1. The Hall–Kier alpha value is -2.28. The molecule has 110 valence electrons. The fraction of sp³-hybridized carbons (Fsp3) is 0.143. The van der Waals surface area contributed by atoms with Gasteiger partial charge in [-0.15, -0.1) is 0 Å². The number of carbonyl (C=O) groups is 1. The molecule has 0 radical (unpaired) electrons. The number of halogens is 1. The number of hydrogen-bond acceptors (Lipinski definition) is 6. The second kappa shape index (κ2) is 6.45. The van der Waals surface area contributed by atoms with Gasteiger partial charge in [0.1, 0.15) is 17.2 Å². The molecule has 2 N–H and O–H groups in total. The number of rotatable bonds is 4. The molecule has 0 amide bonds. The molecule has 1 aromatic carbocycles.